The third-order valence-corrected chi connectivity index (χ3v) is 3.56. The molecular formula is C11H19N3O2S. The van der Waals surface area contributed by atoms with Gasteiger partial charge in [0.15, 0.2) is 0 Å². The molecule has 17 heavy (non-hydrogen) atoms. The van der Waals surface area contributed by atoms with E-state index in [4.69, 9.17) is 0 Å². The fraction of sp³-hybridized carbons (Fsp3) is 0.545. The van der Waals surface area contributed by atoms with E-state index in [0.29, 0.717) is 18.7 Å². The first-order valence-electron chi connectivity index (χ1n) is 5.67. The highest BCUT2D eigenvalue weighted by atomic mass is 32.2. The van der Waals surface area contributed by atoms with Gasteiger partial charge in [-0.2, -0.15) is 0 Å². The largest absolute Gasteiger partial charge is 0.317 e. The number of hydrogen-bond acceptors (Lipinski definition) is 4. The maximum Gasteiger partial charge on any atom is 0.232 e. The van der Waals surface area contributed by atoms with E-state index in [1.807, 2.05) is 13.8 Å². The number of rotatable bonds is 7. The number of hydrogen-bond donors (Lipinski definition) is 2. The van der Waals surface area contributed by atoms with Crippen LogP contribution in [0.25, 0.3) is 0 Å². The second-order valence-electron chi connectivity index (χ2n) is 3.81. The van der Waals surface area contributed by atoms with Crippen LogP contribution < -0.4 is 10.0 Å². The van der Waals surface area contributed by atoms with Gasteiger partial charge >= 0.3 is 0 Å². The molecule has 0 spiro atoms. The highest BCUT2D eigenvalue weighted by molar-refractivity contribution is 7.92. The van der Waals surface area contributed by atoms with Gasteiger partial charge in [-0.3, -0.25) is 9.71 Å². The molecule has 0 radical (unpaired) electrons. The van der Waals surface area contributed by atoms with Gasteiger partial charge < -0.3 is 5.32 Å². The van der Waals surface area contributed by atoms with Crippen LogP contribution in [0.4, 0.5) is 5.69 Å². The molecule has 0 aliphatic heterocycles. The lowest BCUT2D eigenvalue weighted by Crippen LogP contribution is -2.21. The molecule has 0 fully saturated rings. The first-order valence-corrected chi connectivity index (χ1v) is 7.32. The molecule has 0 aromatic carbocycles. The topological polar surface area (TPSA) is 71.1 Å². The lowest BCUT2D eigenvalue weighted by atomic mass is 10.3. The molecule has 0 unspecified atom stereocenters. The summed E-state index contributed by atoms with van der Waals surface area (Å²) in [6, 6.07) is 3.36. The maximum atomic E-state index is 11.7. The van der Waals surface area contributed by atoms with E-state index in [1.54, 1.807) is 18.3 Å². The van der Waals surface area contributed by atoms with Gasteiger partial charge in [-0.25, -0.2) is 8.42 Å². The van der Waals surface area contributed by atoms with E-state index >= 15 is 0 Å². The van der Waals surface area contributed by atoms with Crippen molar-refractivity contribution < 1.29 is 8.42 Å². The molecular weight excluding hydrogens is 238 g/mol. The Morgan fingerprint density at radius 1 is 1.41 bits per heavy atom. The summed E-state index contributed by atoms with van der Waals surface area (Å²) in [4.78, 5) is 4.01. The zero-order chi connectivity index (χ0) is 12.7. The molecule has 0 aliphatic rings. The molecule has 0 aliphatic carbocycles. The van der Waals surface area contributed by atoms with E-state index < -0.39 is 10.0 Å². The molecule has 5 nitrogen and oxygen atoms in total. The number of aromatic nitrogens is 1. The number of nitrogens with one attached hydrogen (secondary N) is 2. The fourth-order valence-electron chi connectivity index (χ4n) is 1.40. The molecule has 0 atom stereocenters. The lowest BCUT2D eigenvalue weighted by Gasteiger charge is -2.08. The Balaban J connectivity index is 2.49. The Bertz CT molecular complexity index is 446. The van der Waals surface area contributed by atoms with Crippen molar-refractivity contribution in [1.29, 1.82) is 0 Å². The summed E-state index contributed by atoms with van der Waals surface area (Å²) in [5, 5.41) is 3.09. The van der Waals surface area contributed by atoms with Crippen molar-refractivity contribution in [3.63, 3.8) is 0 Å². The van der Waals surface area contributed by atoms with E-state index in [0.717, 1.165) is 12.2 Å². The number of aryl methyl sites for hydroxylation is 1. The number of sulfonamides is 1. The van der Waals surface area contributed by atoms with E-state index in [-0.39, 0.29) is 5.75 Å². The average Bonchev–Trinajstić information content (AvgIpc) is 2.24. The zero-order valence-corrected chi connectivity index (χ0v) is 11.0. The Morgan fingerprint density at radius 2 is 2.18 bits per heavy atom. The highest BCUT2D eigenvalue weighted by Gasteiger charge is 2.09. The maximum absolute atomic E-state index is 11.7. The second kappa shape index (κ2) is 6.56. The van der Waals surface area contributed by atoms with Gasteiger partial charge in [0, 0.05) is 11.9 Å². The van der Waals surface area contributed by atoms with E-state index in [9.17, 15) is 8.42 Å². The first kappa shape index (κ1) is 13.9. The van der Waals surface area contributed by atoms with Crippen LogP contribution >= 0.6 is 0 Å². The van der Waals surface area contributed by atoms with E-state index in [1.165, 1.54) is 0 Å². The molecule has 0 saturated carbocycles. The summed E-state index contributed by atoms with van der Waals surface area (Å²) >= 11 is 0. The van der Waals surface area contributed by atoms with Crippen molar-refractivity contribution in [3.8, 4) is 0 Å². The summed E-state index contributed by atoms with van der Waals surface area (Å²) in [5.74, 6) is 0.126. The summed E-state index contributed by atoms with van der Waals surface area (Å²) < 4.78 is 26.0. The van der Waals surface area contributed by atoms with E-state index in [2.05, 4.69) is 15.0 Å². The van der Waals surface area contributed by atoms with Crippen molar-refractivity contribution in [2.45, 2.75) is 20.3 Å². The number of pyridine rings is 1. The molecule has 1 aromatic heterocycles. The molecule has 0 saturated heterocycles. The monoisotopic (exact) mass is 257 g/mol. The number of anilines is 1. The van der Waals surface area contributed by atoms with Gasteiger partial charge in [-0.05, 0) is 38.6 Å². The van der Waals surface area contributed by atoms with Crippen LogP contribution in [0, 0.1) is 6.92 Å². The molecule has 2 N–H and O–H groups in total. The summed E-state index contributed by atoms with van der Waals surface area (Å²) in [7, 11) is -3.25. The van der Waals surface area contributed by atoms with Gasteiger partial charge in [0.1, 0.15) is 0 Å². The normalized spacial score (nSPS) is 11.4. The summed E-state index contributed by atoms with van der Waals surface area (Å²) in [5.41, 5.74) is 1.36. The van der Waals surface area contributed by atoms with Crippen molar-refractivity contribution in [3.05, 3.63) is 24.0 Å². The van der Waals surface area contributed by atoms with Crippen LogP contribution in [0.3, 0.4) is 0 Å². The van der Waals surface area contributed by atoms with Crippen molar-refractivity contribution in [2.24, 2.45) is 0 Å². The van der Waals surface area contributed by atoms with Crippen LogP contribution in [-0.2, 0) is 10.0 Å². The first-order chi connectivity index (χ1) is 8.03. The fourth-order valence-corrected chi connectivity index (χ4v) is 2.52. The molecule has 6 heteroatoms. The second-order valence-corrected chi connectivity index (χ2v) is 5.66. The molecule has 1 aromatic rings. The van der Waals surface area contributed by atoms with Gasteiger partial charge in [0.05, 0.1) is 11.4 Å². The molecule has 1 rings (SSSR count). The SMILES string of the molecule is CCNCCCS(=O)(=O)Nc1ccnc(C)c1. The third-order valence-electron chi connectivity index (χ3n) is 2.19. The zero-order valence-electron chi connectivity index (χ0n) is 10.2. The molecule has 0 bridgehead atoms. The number of nitrogens with zero attached hydrogens (tertiary/aromatic N) is 1. The predicted octanol–water partition coefficient (Wildman–Crippen LogP) is 1.13. The predicted molar refractivity (Wildman–Crippen MR) is 69.5 cm³/mol. The van der Waals surface area contributed by atoms with Gasteiger partial charge in [-0.15, -0.1) is 0 Å². The molecule has 1 heterocycles. The van der Waals surface area contributed by atoms with Gasteiger partial charge in [0.25, 0.3) is 0 Å². The molecule has 96 valence electrons. The minimum Gasteiger partial charge on any atom is -0.317 e. The highest BCUT2D eigenvalue weighted by Crippen LogP contribution is 2.09. The Kier molecular flexibility index (Phi) is 5.37. The van der Waals surface area contributed by atoms with Gasteiger partial charge in [0.2, 0.25) is 10.0 Å². The lowest BCUT2D eigenvalue weighted by molar-refractivity contribution is 0.595. The average molecular weight is 257 g/mol. The van der Waals surface area contributed by atoms with Gasteiger partial charge in [-0.1, -0.05) is 6.92 Å². The van der Waals surface area contributed by atoms with Crippen LogP contribution in [0.15, 0.2) is 18.3 Å². The Morgan fingerprint density at radius 3 is 2.82 bits per heavy atom. The van der Waals surface area contributed by atoms with Crippen LogP contribution in [-0.4, -0.2) is 32.2 Å². The summed E-state index contributed by atoms with van der Waals surface area (Å²) in [6.07, 6.45) is 2.19. The van der Waals surface area contributed by atoms with Crippen molar-refractivity contribution >= 4 is 15.7 Å². The third kappa shape index (κ3) is 5.65. The Hall–Kier alpha value is -1.14. The van der Waals surface area contributed by atoms with Crippen LogP contribution in [0.1, 0.15) is 19.0 Å². The summed E-state index contributed by atoms with van der Waals surface area (Å²) in [6.45, 7) is 5.39. The quantitative estimate of drug-likeness (QED) is 0.718. The van der Waals surface area contributed by atoms with Crippen LogP contribution in [0.2, 0.25) is 0 Å². The minimum absolute atomic E-state index is 0.126. The van der Waals surface area contributed by atoms with Crippen LogP contribution in [0.5, 0.6) is 0 Å². The Labute approximate surface area is 103 Å². The minimum atomic E-state index is -3.25. The van der Waals surface area contributed by atoms with Crippen molar-refractivity contribution in [1.82, 2.24) is 10.3 Å². The molecule has 0 amide bonds. The standard InChI is InChI=1S/C11H19N3O2S/c1-3-12-6-4-8-17(15,16)14-11-5-7-13-10(2)9-11/h5,7,9,12H,3-4,6,8H2,1-2H3,(H,13,14). The van der Waals surface area contributed by atoms with Crippen molar-refractivity contribution in [2.75, 3.05) is 23.6 Å². The smallest absolute Gasteiger partial charge is 0.232 e.